The monoisotopic (exact) mass is 258 g/mol. The Bertz CT molecular complexity index is 594. The summed E-state index contributed by atoms with van der Waals surface area (Å²) >= 11 is 0. The molecule has 4 heteroatoms. The zero-order valence-electron chi connectivity index (χ0n) is 10.6. The molecule has 0 radical (unpaired) electrons. The van der Waals surface area contributed by atoms with Crippen molar-refractivity contribution in [1.82, 2.24) is 0 Å². The highest BCUT2D eigenvalue weighted by molar-refractivity contribution is 6.04. The molecule has 98 valence electrons. The second kappa shape index (κ2) is 5.63. The van der Waals surface area contributed by atoms with Crippen LogP contribution in [-0.2, 0) is 6.54 Å². The van der Waals surface area contributed by atoms with E-state index >= 15 is 0 Å². The number of carbonyl (C=O) groups excluding carboxylic acids is 1. The van der Waals surface area contributed by atoms with Gasteiger partial charge in [0.15, 0.2) is 0 Å². The van der Waals surface area contributed by atoms with Crippen molar-refractivity contribution in [1.29, 1.82) is 0 Å². The molecule has 3 N–H and O–H groups in total. The van der Waals surface area contributed by atoms with E-state index in [2.05, 4.69) is 5.32 Å². The van der Waals surface area contributed by atoms with E-state index in [1.165, 1.54) is 6.07 Å². The number of hydrogen-bond acceptors (Lipinski definition) is 2. The van der Waals surface area contributed by atoms with Gasteiger partial charge in [0.05, 0.1) is 5.56 Å². The molecule has 2 aromatic rings. The Morgan fingerprint density at radius 1 is 1.21 bits per heavy atom. The lowest BCUT2D eigenvalue weighted by Gasteiger charge is -2.08. The van der Waals surface area contributed by atoms with Gasteiger partial charge in [-0.25, -0.2) is 4.39 Å². The fourth-order valence-electron chi connectivity index (χ4n) is 1.75. The van der Waals surface area contributed by atoms with Crippen molar-refractivity contribution in [2.45, 2.75) is 13.5 Å². The van der Waals surface area contributed by atoms with Crippen LogP contribution in [0.15, 0.2) is 42.5 Å². The van der Waals surface area contributed by atoms with Gasteiger partial charge >= 0.3 is 0 Å². The SMILES string of the molecule is Cc1cccc(C(=O)Nc2ccc(CN)cc2)c1F. The number of amides is 1. The van der Waals surface area contributed by atoms with Crippen molar-refractivity contribution < 1.29 is 9.18 Å². The molecule has 0 unspecified atom stereocenters. The molecule has 3 nitrogen and oxygen atoms in total. The van der Waals surface area contributed by atoms with E-state index in [1.807, 2.05) is 12.1 Å². The third kappa shape index (κ3) is 2.98. The van der Waals surface area contributed by atoms with Crippen molar-refractivity contribution in [2.24, 2.45) is 5.73 Å². The summed E-state index contributed by atoms with van der Waals surface area (Å²) in [5, 5.41) is 2.66. The smallest absolute Gasteiger partial charge is 0.258 e. The van der Waals surface area contributed by atoms with Crippen LogP contribution in [-0.4, -0.2) is 5.91 Å². The number of rotatable bonds is 3. The summed E-state index contributed by atoms with van der Waals surface area (Å²) in [6.45, 7) is 2.07. The minimum Gasteiger partial charge on any atom is -0.326 e. The van der Waals surface area contributed by atoms with Gasteiger partial charge in [-0.2, -0.15) is 0 Å². The normalized spacial score (nSPS) is 10.3. The molecule has 0 spiro atoms. The molecule has 0 saturated carbocycles. The van der Waals surface area contributed by atoms with Crippen LogP contribution in [0.4, 0.5) is 10.1 Å². The third-order valence-corrected chi connectivity index (χ3v) is 2.88. The zero-order valence-corrected chi connectivity index (χ0v) is 10.6. The van der Waals surface area contributed by atoms with Crippen LogP contribution in [0.2, 0.25) is 0 Å². The summed E-state index contributed by atoms with van der Waals surface area (Å²) in [4.78, 5) is 12.0. The Balaban J connectivity index is 2.18. The Morgan fingerprint density at radius 2 is 1.89 bits per heavy atom. The first-order valence-electron chi connectivity index (χ1n) is 5.97. The molecular weight excluding hydrogens is 243 g/mol. The second-order valence-electron chi connectivity index (χ2n) is 4.29. The van der Waals surface area contributed by atoms with Gasteiger partial charge < -0.3 is 11.1 Å². The fourth-order valence-corrected chi connectivity index (χ4v) is 1.75. The number of benzene rings is 2. The van der Waals surface area contributed by atoms with Gasteiger partial charge in [-0.1, -0.05) is 24.3 Å². The lowest BCUT2D eigenvalue weighted by molar-refractivity contribution is 0.102. The second-order valence-corrected chi connectivity index (χ2v) is 4.29. The van der Waals surface area contributed by atoms with E-state index < -0.39 is 11.7 Å². The maximum atomic E-state index is 13.8. The molecule has 0 aromatic heterocycles. The Labute approximate surface area is 111 Å². The van der Waals surface area contributed by atoms with E-state index in [1.54, 1.807) is 31.2 Å². The zero-order chi connectivity index (χ0) is 13.8. The minimum absolute atomic E-state index is 0.0444. The van der Waals surface area contributed by atoms with Gasteiger partial charge in [0.25, 0.3) is 5.91 Å². The Morgan fingerprint density at radius 3 is 2.53 bits per heavy atom. The summed E-state index contributed by atoms with van der Waals surface area (Å²) in [5.74, 6) is -0.944. The average molecular weight is 258 g/mol. The van der Waals surface area contributed by atoms with Crippen LogP contribution in [0.5, 0.6) is 0 Å². The van der Waals surface area contributed by atoms with Crippen LogP contribution in [0.3, 0.4) is 0 Å². The molecule has 0 aliphatic carbocycles. The highest BCUT2D eigenvalue weighted by atomic mass is 19.1. The standard InChI is InChI=1S/C15H15FN2O/c1-10-3-2-4-13(14(10)16)15(19)18-12-7-5-11(9-17)6-8-12/h2-8H,9,17H2,1H3,(H,18,19). The largest absolute Gasteiger partial charge is 0.326 e. The summed E-state index contributed by atoms with van der Waals surface area (Å²) < 4.78 is 13.8. The summed E-state index contributed by atoms with van der Waals surface area (Å²) in [6.07, 6.45) is 0. The molecular formula is C15H15FN2O. The summed E-state index contributed by atoms with van der Waals surface area (Å²) in [7, 11) is 0. The van der Waals surface area contributed by atoms with Crippen molar-refractivity contribution in [3.63, 3.8) is 0 Å². The lowest BCUT2D eigenvalue weighted by Crippen LogP contribution is -2.14. The molecule has 0 saturated heterocycles. The number of aryl methyl sites for hydroxylation is 1. The van der Waals surface area contributed by atoms with Gasteiger partial charge in [0.1, 0.15) is 5.82 Å². The molecule has 2 rings (SSSR count). The highest BCUT2D eigenvalue weighted by Crippen LogP contribution is 2.15. The molecule has 0 fully saturated rings. The molecule has 0 aliphatic rings. The third-order valence-electron chi connectivity index (χ3n) is 2.88. The topological polar surface area (TPSA) is 55.1 Å². The van der Waals surface area contributed by atoms with Gasteiger partial charge in [-0.15, -0.1) is 0 Å². The van der Waals surface area contributed by atoms with Gasteiger partial charge in [-0.3, -0.25) is 4.79 Å². The molecule has 2 aromatic carbocycles. The lowest BCUT2D eigenvalue weighted by atomic mass is 10.1. The predicted octanol–water partition coefficient (Wildman–Crippen LogP) is 2.85. The van der Waals surface area contributed by atoms with Crippen LogP contribution in [0.1, 0.15) is 21.5 Å². The number of hydrogen-bond donors (Lipinski definition) is 2. The fraction of sp³-hybridized carbons (Fsp3) is 0.133. The first kappa shape index (κ1) is 13.2. The predicted molar refractivity (Wildman–Crippen MR) is 73.4 cm³/mol. The Kier molecular flexibility index (Phi) is 3.92. The van der Waals surface area contributed by atoms with Crippen LogP contribution < -0.4 is 11.1 Å². The number of nitrogens with one attached hydrogen (secondary N) is 1. The van der Waals surface area contributed by atoms with Crippen molar-refractivity contribution >= 4 is 11.6 Å². The first-order valence-corrected chi connectivity index (χ1v) is 5.97. The van der Waals surface area contributed by atoms with Crippen LogP contribution >= 0.6 is 0 Å². The molecule has 1 amide bonds. The molecule has 19 heavy (non-hydrogen) atoms. The molecule has 0 bridgehead atoms. The van der Waals surface area contributed by atoms with Crippen LogP contribution in [0, 0.1) is 12.7 Å². The number of carbonyl (C=O) groups is 1. The molecule has 0 atom stereocenters. The van der Waals surface area contributed by atoms with E-state index in [0.29, 0.717) is 17.8 Å². The van der Waals surface area contributed by atoms with Gasteiger partial charge in [0, 0.05) is 12.2 Å². The number of nitrogens with two attached hydrogens (primary N) is 1. The van der Waals surface area contributed by atoms with E-state index in [-0.39, 0.29) is 5.56 Å². The molecule has 0 aliphatic heterocycles. The average Bonchev–Trinajstić information content (AvgIpc) is 2.42. The van der Waals surface area contributed by atoms with E-state index in [4.69, 9.17) is 5.73 Å². The van der Waals surface area contributed by atoms with Gasteiger partial charge in [0.2, 0.25) is 0 Å². The maximum Gasteiger partial charge on any atom is 0.258 e. The number of anilines is 1. The van der Waals surface area contributed by atoms with E-state index in [0.717, 1.165) is 5.56 Å². The summed E-state index contributed by atoms with van der Waals surface area (Å²) in [5.41, 5.74) is 7.57. The van der Waals surface area contributed by atoms with Crippen molar-refractivity contribution in [3.8, 4) is 0 Å². The van der Waals surface area contributed by atoms with E-state index in [9.17, 15) is 9.18 Å². The van der Waals surface area contributed by atoms with Gasteiger partial charge in [-0.05, 0) is 36.2 Å². The first-order chi connectivity index (χ1) is 9.11. The quantitative estimate of drug-likeness (QED) is 0.889. The Hall–Kier alpha value is -2.20. The summed E-state index contributed by atoms with van der Waals surface area (Å²) in [6, 6.07) is 11.9. The number of halogens is 1. The van der Waals surface area contributed by atoms with Crippen LogP contribution in [0.25, 0.3) is 0 Å². The minimum atomic E-state index is -0.487. The van der Waals surface area contributed by atoms with Crippen molar-refractivity contribution in [2.75, 3.05) is 5.32 Å². The highest BCUT2D eigenvalue weighted by Gasteiger charge is 2.13. The molecule has 0 heterocycles. The maximum absolute atomic E-state index is 13.8. The van der Waals surface area contributed by atoms with Crippen molar-refractivity contribution in [3.05, 3.63) is 65.0 Å².